The summed E-state index contributed by atoms with van der Waals surface area (Å²) in [6, 6.07) is 13.8. The summed E-state index contributed by atoms with van der Waals surface area (Å²) >= 11 is 6.10. The highest BCUT2D eigenvalue weighted by Gasteiger charge is 2.12. The van der Waals surface area contributed by atoms with Crippen LogP contribution >= 0.6 is 11.6 Å². The number of aromatic nitrogens is 4. The second kappa shape index (κ2) is 5.52. The van der Waals surface area contributed by atoms with Crippen LogP contribution in [-0.2, 0) is 6.42 Å². The molecule has 0 spiro atoms. The third-order valence-corrected chi connectivity index (χ3v) is 4.08. The number of halogens is 1. The molecular weight excluding hydrogens is 310 g/mol. The van der Waals surface area contributed by atoms with E-state index in [0.717, 1.165) is 23.1 Å². The predicted octanol–water partition coefficient (Wildman–Crippen LogP) is 4.24. The summed E-state index contributed by atoms with van der Waals surface area (Å²) in [6.45, 7) is 2.13. The van der Waals surface area contributed by atoms with Gasteiger partial charge in [0.2, 0.25) is 5.65 Å². The number of aryl methyl sites for hydroxylation is 1. The van der Waals surface area contributed by atoms with Crippen LogP contribution in [0, 0.1) is 0 Å². The van der Waals surface area contributed by atoms with Crippen LogP contribution in [0.3, 0.4) is 0 Å². The molecule has 0 amide bonds. The molecule has 0 radical (unpaired) electrons. The minimum Gasteiger partial charge on any atom is -0.337 e. The minimum atomic E-state index is 0.659. The second-order valence-corrected chi connectivity index (χ2v) is 5.69. The van der Waals surface area contributed by atoms with Crippen molar-refractivity contribution >= 4 is 39.8 Å². The van der Waals surface area contributed by atoms with Gasteiger partial charge in [-0.3, -0.25) is 4.40 Å². The molecule has 5 nitrogen and oxygen atoms in total. The number of nitrogens with one attached hydrogen (secondary N) is 1. The van der Waals surface area contributed by atoms with Crippen molar-refractivity contribution in [2.45, 2.75) is 13.3 Å². The lowest BCUT2D eigenvalue weighted by atomic mass is 10.1. The Balaban J connectivity index is 1.92. The first-order chi connectivity index (χ1) is 11.3. The van der Waals surface area contributed by atoms with Crippen LogP contribution in [0.25, 0.3) is 16.7 Å². The van der Waals surface area contributed by atoms with Crippen molar-refractivity contribution in [3.63, 3.8) is 0 Å². The SMILES string of the molecule is CCc1ccccc1Nc1nc2ccc(Cl)cc2n2cnnc12. The van der Waals surface area contributed by atoms with Crippen LogP contribution in [0.15, 0.2) is 48.8 Å². The lowest BCUT2D eigenvalue weighted by molar-refractivity contribution is 1.11. The number of anilines is 2. The van der Waals surface area contributed by atoms with Gasteiger partial charge in [0.15, 0.2) is 5.82 Å². The van der Waals surface area contributed by atoms with Crippen molar-refractivity contribution in [2.24, 2.45) is 0 Å². The van der Waals surface area contributed by atoms with E-state index in [1.54, 1.807) is 6.33 Å². The summed E-state index contributed by atoms with van der Waals surface area (Å²) in [7, 11) is 0. The summed E-state index contributed by atoms with van der Waals surface area (Å²) in [5.41, 5.74) is 4.64. The van der Waals surface area contributed by atoms with E-state index < -0.39 is 0 Å². The van der Waals surface area contributed by atoms with Crippen molar-refractivity contribution in [3.05, 3.63) is 59.4 Å². The van der Waals surface area contributed by atoms with Crippen molar-refractivity contribution in [1.82, 2.24) is 19.6 Å². The molecule has 0 saturated heterocycles. The molecule has 0 fully saturated rings. The zero-order valence-electron chi connectivity index (χ0n) is 12.5. The summed E-state index contributed by atoms with van der Waals surface area (Å²) in [6.07, 6.45) is 2.61. The first kappa shape index (κ1) is 14.0. The van der Waals surface area contributed by atoms with Crippen LogP contribution in [0.4, 0.5) is 11.5 Å². The van der Waals surface area contributed by atoms with Crippen LogP contribution in [0.5, 0.6) is 0 Å². The summed E-state index contributed by atoms with van der Waals surface area (Å²) in [4.78, 5) is 4.69. The monoisotopic (exact) mass is 323 g/mol. The number of nitrogens with zero attached hydrogens (tertiary/aromatic N) is 4. The quantitative estimate of drug-likeness (QED) is 0.613. The van der Waals surface area contributed by atoms with Crippen LogP contribution < -0.4 is 5.32 Å². The Kier molecular flexibility index (Phi) is 3.35. The number of fused-ring (bicyclic) bond motifs is 3. The summed E-state index contributed by atoms with van der Waals surface area (Å²) < 4.78 is 1.89. The second-order valence-electron chi connectivity index (χ2n) is 5.25. The highest BCUT2D eigenvalue weighted by atomic mass is 35.5. The average molecular weight is 324 g/mol. The Labute approximate surface area is 137 Å². The maximum Gasteiger partial charge on any atom is 0.204 e. The topological polar surface area (TPSA) is 55.1 Å². The van der Waals surface area contributed by atoms with Crippen LogP contribution in [0.2, 0.25) is 5.02 Å². The molecule has 0 aliphatic heterocycles. The average Bonchev–Trinajstić information content (AvgIpc) is 3.06. The van der Waals surface area contributed by atoms with Crippen molar-refractivity contribution in [1.29, 1.82) is 0 Å². The number of rotatable bonds is 3. The van der Waals surface area contributed by atoms with E-state index in [9.17, 15) is 0 Å². The molecular formula is C17H14ClN5. The number of benzene rings is 2. The third kappa shape index (κ3) is 2.39. The van der Waals surface area contributed by atoms with Gasteiger partial charge in [0, 0.05) is 10.7 Å². The van der Waals surface area contributed by atoms with E-state index in [4.69, 9.17) is 16.6 Å². The Morgan fingerprint density at radius 3 is 2.91 bits per heavy atom. The highest BCUT2D eigenvalue weighted by Crippen LogP contribution is 2.26. The first-order valence-corrected chi connectivity index (χ1v) is 7.78. The fraction of sp³-hybridized carbons (Fsp3) is 0.118. The molecule has 23 heavy (non-hydrogen) atoms. The molecule has 114 valence electrons. The van der Waals surface area contributed by atoms with Gasteiger partial charge < -0.3 is 5.32 Å². The third-order valence-electron chi connectivity index (χ3n) is 3.84. The van der Waals surface area contributed by atoms with Gasteiger partial charge in [0.25, 0.3) is 0 Å². The lowest BCUT2D eigenvalue weighted by Gasteiger charge is -2.12. The lowest BCUT2D eigenvalue weighted by Crippen LogP contribution is -2.01. The Morgan fingerprint density at radius 1 is 1.17 bits per heavy atom. The molecule has 4 aromatic rings. The largest absolute Gasteiger partial charge is 0.337 e. The minimum absolute atomic E-state index is 0.659. The van der Waals surface area contributed by atoms with Crippen LogP contribution in [-0.4, -0.2) is 19.6 Å². The van der Waals surface area contributed by atoms with Crippen molar-refractivity contribution in [2.75, 3.05) is 5.32 Å². The fourth-order valence-corrected chi connectivity index (χ4v) is 2.86. The molecule has 0 bridgehead atoms. The van der Waals surface area contributed by atoms with Gasteiger partial charge in [-0.25, -0.2) is 4.98 Å². The molecule has 2 aromatic carbocycles. The van der Waals surface area contributed by atoms with Crippen molar-refractivity contribution < 1.29 is 0 Å². The standard InChI is InChI=1S/C17H14ClN5/c1-2-11-5-3-4-6-13(11)20-16-17-22-19-10-23(17)15-9-12(18)7-8-14(15)21-16/h3-10H,2H2,1H3,(H,20,21). The van der Waals surface area contributed by atoms with Gasteiger partial charge >= 0.3 is 0 Å². The molecule has 2 heterocycles. The normalized spacial score (nSPS) is 11.2. The zero-order valence-corrected chi connectivity index (χ0v) is 13.2. The molecule has 4 rings (SSSR count). The fourth-order valence-electron chi connectivity index (χ4n) is 2.69. The zero-order chi connectivity index (χ0) is 15.8. The van der Waals surface area contributed by atoms with E-state index in [0.29, 0.717) is 16.5 Å². The molecule has 6 heteroatoms. The van der Waals surface area contributed by atoms with Crippen molar-refractivity contribution in [3.8, 4) is 0 Å². The molecule has 0 unspecified atom stereocenters. The van der Waals surface area contributed by atoms with Crippen LogP contribution in [0.1, 0.15) is 12.5 Å². The van der Waals surface area contributed by atoms with Gasteiger partial charge in [-0.05, 0) is 36.2 Å². The Morgan fingerprint density at radius 2 is 2.04 bits per heavy atom. The maximum atomic E-state index is 6.10. The highest BCUT2D eigenvalue weighted by molar-refractivity contribution is 6.31. The maximum absolute atomic E-state index is 6.10. The van der Waals surface area contributed by atoms with E-state index in [1.807, 2.05) is 40.8 Å². The number of hydrogen-bond donors (Lipinski definition) is 1. The summed E-state index contributed by atoms with van der Waals surface area (Å²) in [5.74, 6) is 0.679. The Bertz CT molecular complexity index is 1010. The molecule has 2 aromatic heterocycles. The van der Waals surface area contributed by atoms with Gasteiger partial charge in [-0.2, -0.15) is 0 Å². The van der Waals surface area contributed by atoms with Gasteiger partial charge in [0.05, 0.1) is 11.0 Å². The van der Waals surface area contributed by atoms with Gasteiger partial charge in [-0.15, -0.1) is 10.2 Å². The van der Waals surface area contributed by atoms with Gasteiger partial charge in [0.1, 0.15) is 6.33 Å². The molecule has 1 N–H and O–H groups in total. The predicted molar refractivity (Wildman–Crippen MR) is 92.4 cm³/mol. The van der Waals surface area contributed by atoms with E-state index in [2.05, 4.69) is 28.5 Å². The molecule has 0 aliphatic rings. The number of para-hydroxylation sites is 1. The van der Waals surface area contributed by atoms with E-state index in [-0.39, 0.29) is 0 Å². The molecule has 0 saturated carbocycles. The molecule has 0 atom stereocenters. The van der Waals surface area contributed by atoms with Gasteiger partial charge in [-0.1, -0.05) is 36.7 Å². The first-order valence-electron chi connectivity index (χ1n) is 7.40. The number of hydrogen-bond acceptors (Lipinski definition) is 4. The Hall–Kier alpha value is -2.66. The smallest absolute Gasteiger partial charge is 0.204 e. The molecule has 0 aliphatic carbocycles. The summed E-state index contributed by atoms with van der Waals surface area (Å²) in [5, 5.41) is 12.3. The van der Waals surface area contributed by atoms with E-state index >= 15 is 0 Å². The van der Waals surface area contributed by atoms with E-state index in [1.165, 1.54) is 5.56 Å².